The first-order valence-corrected chi connectivity index (χ1v) is 6.75. The van der Waals surface area contributed by atoms with Crippen LogP contribution in [0.25, 0.3) is 10.2 Å². The largest absolute Gasteiger partial charge is 0.391 e. The highest BCUT2D eigenvalue weighted by Crippen LogP contribution is 2.31. The fourth-order valence-corrected chi connectivity index (χ4v) is 3.35. The summed E-state index contributed by atoms with van der Waals surface area (Å²) in [7, 11) is 0. The Morgan fingerprint density at radius 3 is 3.18 bits per heavy atom. The normalized spacial score (nSPS) is 21.1. The second-order valence-electron chi connectivity index (χ2n) is 4.54. The van der Waals surface area contributed by atoms with Crippen LogP contribution in [-0.4, -0.2) is 34.3 Å². The summed E-state index contributed by atoms with van der Waals surface area (Å²) in [6.07, 6.45) is 3.32. The Balaban J connectivity index is 2.04. The van der Waals surface area contributed by atoms with Crippen molar-refractivity contribution in [3.8, 4) is 0 Å². The molecule has 0 unspecified atom stereocenters. The number of aromatic nitrogens is 2. The van der Waals surface area contributed by atoms with Crippen LogP contribution in [-0.2, 0) is 0 Å². The molecule has 0 saturated carbocycles. The van der Waals surface area contributed by atoms with Crippen molar-refractivity contribution >= 4 is 27.4 Å². The van der Waals surface area contributed by atoms with E-state index >= 15 is 0 Å². The maximum absolute atomic E-state index is 9.74. The average molecular weight is 249 g/mol. The summed E-state index contributed by atoms with van der Waals surface area (Å²) in [5.41, 5.74) is 2.24. The van der Waals surface area contributed by atoms with Crippen LogP contribution in [0.5, 0.6) is 0 Å². The summed E-state index contributed by atoms with van der Waals surface area (Å²) < 4.78 is 1.14. The number of anilines is 1. The number of rotatable bonds is 1. The predicted octanol–water partition coefficient (Wildman–Crippen LogP) is 1.96. The first-order chi connectivity index (χ1) is 8.25. The van der Waals surface area contributed by atoms with E-state index in [1.165, 1.54) is 5.56 Å². The summed E-state index contributed by atoms with van der Waals surface area (Å²) in [5.74, 6) is 0.979. The first-order valence-electron chi connectivity index (χ1n) is 5.87. The molecule has 90 valence electrons. The van der Waals surface area contributed by atoms with E-state index in [0.29, 0.717) is 6.54 Å². The fourth-order valence-electron chi connectivity index (χ4n) is 2.33. The van der Waals surface area contributed by atoms with Gasteiger partial charge in [0.15, 0.2) is 0 Å². The van der Waals surface area contributed by atoms with Gasteiger partial charge in [0, 0.05) is 13.1 Å². The zero-order valence-corrected chi connectivity index (χ0v) is 10.6. The minimum atomic E-state index is -0.227. The van der Waals surface area contributed by atoms with Gasteiger partial charge in [-0.25, -0.2) is 9.97 Å². The van der Waals surface area contributed by atoms with E-state index in [9.17, 15) is 5.11 Å². The lowest BCUT2D eigenvalue weighted by atomic mass is 10.1. The maximum atomic E-state index is 9.74. The van der Waals surface area contributed by atoms with Crippen LogP contribution in [0, 0.1) is 6.92 Å². The zero-order valence-electron chi connectivity index (χ0n) is 9.76. The SMILES string of the molecule is Cc1csc2c(N3CCC[C@H](O)C3)ncnc12. The van der Waals surface area contributed by atoms with Crippen LogP contribution in [0.3, 0.4) is 0 Å². The number of piperidine rings is 1. The van der Waals surface area contributed by atoms with Gasteiger partial charge in [-0.15, -0.1) is 11.3 Å². The van der Waals surface area contributed by atoms with Gasteiger partial charge in [-0.1, -0.05) is 0 Å². The molecular formula is C12H15N3OS. The molecule has 1 atom stereocenters. The van der Waals surface area contributed by atoms with Gasteiger partial charge >= 0.3 is 0 Å². The molecule has 0 amide bonds. The van der Waals surface area contributed by atoms with E-state index in [0.717, 1.165) is 35.4 Å². The topological polar surface area (TPSA) is 49.2 Å². The second kappa shape index (κ2) is 4.23. The van der Waals surface area contributed by atoms with E-state index in [-0.39, 0.29) is 6.10 Å². The van der Waals surface area contributed by atoms with Crippen LogP contribution in [0.1, 0.15) is 18.4 Å². The van der Waals surface area contributed by atoms with Crippen molar-refractivity contribution in [3.63, 3.8) is 0 Å². The molecule has 1 aliphatic rings. The van der Waals surface area contributed by atoms with Gasteiger partial charge in [0.1, 0.15) is 12.1 Å². The van der Waals surface area contributed by atoms with Crippen LogP contribution >= 0.6 is 11.3 Å². The molecule has 17 heavy (non-hydrogen) atoms. The molecule has 1 aliphatic heterocycles. The van der Waals surface area contributed by atoms with Crippen molar-refractivity contribution in [3.05, 3.63) is 17.3 Å². The Bertz CT molecular complexity index is 540. The summed E-state index contributed by atoms with van der Waals surface area (Å²) in [5, 5.41) is 11.9. The van der Waals surface area contributed by atoms with Gasteiger partial charge in [-0.05, 0) is 30.7 Å². The van der Waals surface area contributed by atoms with Gasteiger partial charge in [-0.3, -0.25) is 0 Å². The molecule has 4 nitrogen and oxygen atoms in total. The molecule has 2 aromatic rings. The third kappa shape index (κ3) is 1.89. The molecule has 5 heteroatoms. The standard InChI is InChI=1S/C12H15N3OS/c1-8-6-17-11-10(8)13-7-14-12(11)15-4-2-3-9(16)5-15/h6-7,9,16H,2-5H2,1H3/t9-/m0/s1. The number of thiophene rings is 1. The van der Waals surface area contributed by atoms with Crippen LogP contribution in [0.2, 0.25) is 0 Å². The van der Waals surface area contributed by atoms with Crippen LogP contribution < -0.4 is 4.90 Å². The molecule has 0 aromatic carbocycles. The van der Waals surface area contributed by atoms with Gasteiger partial charge < -0.3 is 10.0 Å². The highest BCUT2D eigenvalue weighted by molar-refractivity contribution is 7.18. The molecule has 3 heterocycles. The Labute approximate surface area is 104 Å². The molecule has 0 bridgehead atoms. The number of aliphatic hydroxyl groups is 1. The maximum Gasteiger partial charge on any atom is 0.150 e. The Kier molecular flexibility index (Phi) is 2.72. The van der Waals surface area contributed by atoms with Crippen molar-refractivity contribution < 1.29 is 5.11 Å². The predicted molar refractivity (Wildman–Crippen MR) is 69.6 cm³/mol. The number of nitrogens with zero attached hydrogens (tertiary/aromatic N) is 3. The number of aliphatic hydroxyl groups excluding tert-OH is 1. The Morgan fingerprint density at radius 1 is 1.47 bits per heavy atom. The van der Waals surface area contributed by atoms with Gasteiger partial charge in [-0.2, -0.15) is 0 Å². The van der Waals surface area contributed by atoms with Crippen molar-refractivity contribution in [1.82, 2.24) is 9.97 Å². The lowest BCUT2D eigenvalue weighted by Crippen LogP contribution is -2.38. The third-order valence-corrected chi connectivity index (χ3v) is 4.29. The van der Waals surface area contributed by atoms with Crippen molar-refractivity contribution in [1.29, 1.82) is 0 Å². The molecule has 2 aromatic heterocycles. The number of aryl methyl sites for hydroxylation is 1. The van der Waals surface area contributed by atoms with E-state index in [1.807, 2.05) is 0 Å². The third-order valence-electron chi connectivity index (χ3n) is 3.21. The highest BCUT2D eigenvalue weighted by atomic mass is 32.1. The van der Waals surface area contributed by atoms with E-state index in [4.69, 9.17) is 0 Å². The smallest absolute Gasteiger partial charge is 0.150 e. The molecule has 1 saturated heterocycles. The second-order valence-corrected chi connectivity index (χ2v) is 5.42. The molecular weight excluding hydrogens is 234 g/mol. The first kappa shape index (κ1) is 10.9. The molecule has 0 radical (unpaired) electrons. The molecule has 1 N–H and O–H groups in total. The lowest BCUT2D eigenvalue weighted by Gasteiger charge is -2.31. The minimum absolute atomic E-state index is 0.227. The summed E-state index contributed by atoms with van der Waals surface area (Å²) in [6.45, 7) is 3.73. The number of β-amino-alcohol motifs (C(OH)–C–C–N with tert-alkyl or cyclic N) is 1. The average Bonchev–Trinajstić information content (AvgIpc) is 2.71. The fraction of sp³-hybridized carbons (Fsp3) is 0.500. The van der Waals surface area contributed by atoms with E-state index < -0.39 is 0 Å². The Hall–Kier alpha value is -1.20. The minimum Gasteiger partial charge on any atom is -0.391 e. The summed E-state index contributed by atoms with van der Waals surface area (Å²) in [4.78, 5) is 10.9. The van der Waals surface area contributed by atoms with Crippen LogP contribution in [0.4, 0.5) is 5.82 Å². The number of hydrogen-bond acceptors (Lipinski definition) is 5. The van der Waals surface area contributed by atoms with E-state index in [1.54, 1.807) is 17.7 Å². The highest BCUT2D eigenvalue weighted by Gasteiger charge is 2.21. The monoisotopic (exact) mass is 249 g/mol. The van der Waals surface area contributed by atoms with Gasteiger partial charge in [0.05, 0.1) is 16.3 Å². The van der Waals surface area contributed by atoms with Crippen molar-refractivity contribution in [2.24, 2.45) is 0 Å². The zero-order chi connectivity index (χ0) is 11.8. The summed E-state index contributed by atoms with van der Waals surface area (Å²) >= 11 is 1.69. The van der Waals surface area contributed by atoms with E-state index in [2.05, 4.69) is 27.2 Å². The molecule has 1 fully saturated rings. The summed E-state index contributed by atoms with van der Waals surface area (Å²) in [6, 6.07) is 0. The number of hydrogen-bond donors (Lipinski definition) is 1. The lowest BCUT2D eigenvalue weighted by molar-refractivity contribution is 0.154. The number of fused-ring (bicyclic) bond motifs is 1. The quantitative estimate of drug-likeness (QED) is 0.839. The molecule has 0 spiro atoms. The molecule has 0 aliphatic carbocycles. The van der Waals surface area contributed by atoms with Crippen molar-refractivity contribution in [2.45, 2.75) is 25.9 Å². The molecule has 3 rings (SSSR count). The van der Waals surface area contributed by atoms with Crippen molar-refractivity contribution in [2.75, 3.05) is 18.0 Å². The van der Waals surface area contributed by atoms with Crippen LogP contribution in [0.15, 0.2) is 11.7 Å². The van der Waals surface area contributed by atoms with Gasteiger partial charge in [0.25, 0.3) is 0 Å². The Morgan fingerprint density at radius 2 is 2.35 bits per heavy atom. The van der Waals surface area contributed by atoms with Gasteiger partial charge in [0.2, 0.25) is 0 Å².